The van der Waals surface area contributed by atoms with E-state index in [4.69, 9.17) is 53.4 Å². The number of sulfonamides is 2. The van der Waals surface area contributed by atoms with Crippen LogP contribution in [0.4, 0.5) is 34.6 Å². The van der Waals surface area contributed by atoms with Gasteiger partial charge in [0, 0.05) is 28.1 Å². The molecule has 29 nitrogen and oxygen atoms in total. The predicted octanol–water partition coefficient (Wildman–Crippen LogP) is 8.31. The van der Waals surface area contributed by atoms with E-state index in [-0.39, 0.29) is 74.2 Å². The Morgan fingerprint density at radius 1 is 0.465 bits per heavy atom. The van der Waals surface area contributed by atoms with Gasteiger partial charge in [-0.15, -0.1) is 0 Å². The number of aromatic nitrogens is 8. The molecule has 33 heteroatoms. The number of amides is 1. The number of anilines is 6. The third-order valence-corrected chi connectivity index (χ3v) is 16.9. The van der Waals surface area contributed by atoms with Crippen LogP contribution < -0.4 is 49.7 Å². The van der Waals surface area contributed by atoms with Crippen molar-refractivity contribution in [2.24, 2.45) is 10.3 Å². The number of primary sulfonamides is 2. The molecule has 0 saturated carbocycles. The number of hydrogen-bond donors (Lipinski definition) is 9. The Morgan fingerprint density at radius 3 is 1.15 bits per heavy atom. The van der Waals surface area contributed by atoms with E-state index in [2.05, 4.69) is 129 Å². The quantitative estimate of drug-likeness (QED) is 0.0334. The number of carboxylic acid groups (broad SMARTS) is 1. The minimum atomic E-state index is -3.80. The summed E-state index contributed by atoms with van der Waals surface area (Å²) in [5.74, 6) is -2.88. The van der Waals surface area contributed by atoms with Gasteiger partial charge in [-0.25, -0.2) is 81.4 Å². The van der Waals surface area contributed by atoms with Crippen molar-refractivity contribution in [3.63, 3.8) is 0 Å². The lowest BCUT2D eigenvalue weighted by Gasteiger charge is -2.32. The molecule has 4 aromatic heterocycles. The molecule has 10 aromatic rings. The second-order valence-corrected chi connectivity index (χ2v) is 26.9. The van der Waals surface area contributed by atoms with Crippen molar-refractivity contribution in [3.05, 3.63) is 220 Å². The number of carbonyl (C=O) groups excluding carboxylic acids is 3. The molecule has 1 fully saturated rings. The van der Waals surface area contributed by atoms with Crippen LogP contribution in [0.15, 0.2) is 185 Å². The molecule has 0 radical (unpaired) electrons. The lowest BCUT2D eigenvalue weighted by Crippen LogP contribution is -2.41. The Hall–Kier alpha value is -11.2. The van der Waals surface area contributed by atoms with Crippen LogP contribution in [-0.2, 0) is 38.8 Å². The van der Waals surface area contributed by atoms with Crippen molar-refractivity contribution in [1.82, 2.24) is 39.9 Å². The summed E-state index contributed by atoms with van der Waals surface area (Å²) < 4.78 is 65.3. The van der Waals surface area contributed by atoms with Gasteiger partial charge < -0.3 is 57.9 Å². The van der Waals surface area contributed by atoms with Crippen molar-refractivity contribution < 1.29 is 59.9 Å². The van der Waals surface area contributed by atoms with Crippen molar-refractivity contribution in [2.45, 2.75) is 76.4 Å². The van der Waals surface area contributed by atoms with Gasteiger partial charge in [0.1, 0.15) is 4.60 Å². The van der Waals surface area contributed by atoms with Gasteiger partial charge in [-0.2, -0.15) is 0 Å². The molecule has 1 aliphatic rings. The first kappa shape index (κ1) is 78.8. The van der Waals surface area contributed by atoms with Crippen molar-refractivity contribution >= 4 is 107 Å². The molecule has 1 amide bonds. The molecule has 526 valence electrons. The maximum absolute atomic E-state index is 12.5. The molecule has 0 unspecified atom stereocenters. The number of benzene rings is 6. The highest BCUT2D eigenvalue weighted by Crippen LogP contribution is 2.36. The Bertz CT molecular complexity index is 4790. The Labute approximate surface area is 592 Å². The number of nitrogens with zero attached hydrogens (tertiary/aromatic N) is 8. The molecule has 0 aliphatic carbocycles. The average Bonchev–Trinajstić information content (AvgIpc) is 1.64. The molecule has 0 atom stereocenters. The van der Waals surface area contributed by atoms with E-state index in [0.29, 0.717) is 33.1 Å². The highest BCUT2D eigenvalue weighted by Gasteiger charge is 2.51. The van der Waals surface area contributed by atoms with Crippen molar-refractivity contribution in [2.75, 3.05) is 48.2 Å². The van der Waals surface area contributed by atoms with Crippen LogP contribution in [0.3, 0.4) is 0 Å². The van der Waals surface area contributed by atoms with Gasteiger partial charge >= 0.3 is 25.0 Å². The molecule has 1 aliphatic heterocycles. The summed E-state index contributed by atoms with van der Waals surface area (Å²) in [5.41, 5.74) is 37.5. The van der Waals surface area contributed by atoms with Crippen LogP contribution >= 0.6 is 15.9 Å². The third kappa shape index (κ3) is 22.7. The zero-order chi connectivity index (χ0) is 74.7. The van der Waals surface area contributed by atoms with Gasteiger partial charge in [-0.05, 0) is 125 Å². The van der Waals surface area contributed by atoms with Crippen molar-refractivity contribution in [3.8, 4) is 33.8 Å². The molecule has 6 aromatic carbocycles. The number of halogens is 1. The fourth-order valence-electron chi connectivity index (χ4n) is 8.26. The van der Waals surface area contributed by atoms with E-state index >= 15 is 0 Å². The van der Waals surface area contributed by atoms with Crippen LogP contribution in [0.5, 0.6) is 0 Å². The maximum Gasteiger partial charge on any atom is 0.494 e. The summed E-state index contributed by atoms with van der Waals surface area (Å²) in [5, 5.41) is 21.4. The number of nitrogens with one attached hydrogen (secondary N) is 1. The Kier molecular flexibility index (Phi) is 26.9. The van der Waals surface area contributed by atoms with Gasteiger partial charge in [0.2, 0.25) is 20.0 Å². The fourth-order valence-corrected chi connectivity index (χ4v) is 9.57. The van der Waals surface area contributed by atoms with Gasteiger partial charge in [0.15, 0.2) is 46.0 Å². The van der Waals surface area contributed by atoms with Gasteiger partial charge in [0.05, 0.1) is 77.1 Å². The fraction of sp³-hybridized carbons (Fsp3) is 0.176. The summed E-state index contributed by atoms with van der Waals surface area (Å²) >= 11 is 3.06. The first-order chi connectivity index (χ1) is 47.4. The lowest BCUT2D eigenvalue weighted by atomic mass is 9.79. The number of carboxylic acids is 1. The molecule has 0 bridgehead atoms. The van der Waals surface area contributed by atoms with Gasteiger partial charge in [0.25, 0.3) is 5.91 Å². The summed E-state index contributed by atoms with van der Waals surface area (Å²) in [4.78, 5) is 77.7. The van der Waals surface area contributed by atoms with E-state index in [9.17, 15) is 36.0 Å². The summed E-state index contributed by atoms with van der Waals surface area (Å²) in [7, 11) is -5.09. The summed E-state index contributed by atoms with van der Waals surface area (Å²) in [6, 6.07) is 42.4. The second-order valence-electron chi connectivity index (χ2n) is 22.9. The molecule has 0 spiro atoms. The first-order valence-electron chi connectivity index (χ1n) is 29.9. The number of methoxy groups -OCH3 is 2. The number of hydrogen-bond acceptors (Lipinski definition) is 25. The van der Waals surface area contributed by atoms with E-state index in [1.165, 1.54) is 93.1 Å². The lowest BCUT2D eigenvalue weighted by molar-refractivity contribution is 0.00578. The van der Waals surface area contributed by atoms with Crippen LogP contribution in [-0.4, -0.2) is 118 Å². The number of aromatic carboxylic acids is 1. The van der Waals surface area contributed by atoms with E-state index in [1.807, 2.05) is 93.6 Å². The van der Waals surface area contributed by atoms with Gasteiger partial charge in [-0.1, -0.05) is 119 Å². The largest absolute Gasteiger partial charge is 0.494 e. The van der Waals surface area contributed by atoms with Crippen molar-refractivity contribution in [1.29, 1.82) is 0 Å². The number of ether oxygens (including phenoxy) is 2. The number of carbonyl (C=O) groups is 4. The molecular weight excluding hydrogens is 1400 g/mol. The zero-order valence-corrected chi connectivity index (χ0v) is 59.6. The number of nitrogens with two attached hydrogens (primary N) is 7. The number of esters is 2. The second kappa shape index (κ2) is 34.5. The minimum absolute atomic E-state index is 0.00971. The molecule has 11 rings (SSSR count). The normalized spacial score (nSPS) is 12.4. The van der Waals surface area contributed by atoms with Gasteiger partial charge in [-0.3, -0.25) is 4.79 Å². The monoisotopic (exact) mass is 1480 g/mol. The number of nitrogen functional groups attached to an aromatic ring is 5. The Balaban J connectivity index is 0.000000196. The number of aryl methyl sites for hydroxylation is 4. The SMILES string of the molecule is COC(=O)c1nc(-c2ccc(C)cc2)cnc1N.COC(=O)c1nc(Br)cnc1N.Cc1ccc(-c2cnc(N)c(C(=O)Nc3ccc(S(N)(=O)=O)cc3)n2)cc1.Cc1ccc(-c2cnc(N)c(C(=O)O)n2)cc1.Cc1ccc(B2OC(C)(C)C(C)(C)O2)cc1.Nc1ccc(S(N)(=O)=O)cc1. The summed E-state index contributed by atoms with van der Waals surface area (Å²) in [6.45, 7) is 16.3. The summed E-state index contributed by atoms with van der Waals surface area (Å²) in [6.07, 6.45) is 5.90. The molecule has 16 N–H and O–H groups in total. The molecule has 101 heavy (non-hydrogen) atoms. The highest BCUT2D eigenvalue weighted by molar-refractivity contribution is 9.10. The van der Waals surface area contributed by atoms with Crippen LogP contribution in [0.1, 0.15) is 91.9 Å². The topological polar surface area (TPSA) is 491 Å². The standard InChI is InChI=1S/C18H17N5O3S.C13H19BO2.C13H13N3O2.C12H11N3O2.C6H6BrN3O2.C6H8N2O2S/c1-11-2-4-12(5-3-11)15-10-21-17(19)16(23-15)18(24)22-13-6-8-14(9-7-13)27(20,25)26;1-10-6-8-11(9-7-10)14-15-12(2,3)13(4,5)16-14;1-8-3-5-9(6-4-8)10-7-15-12(14)11(16-10)13(17)18-2;1-7-2-4-8(5-3-7)9-6-14-11(13)10(15-9)12(16)17;1-12-6(11)4-5(8)9-2-3(7)10-4;7-5-1-3-6(4-2-5)11(8,9)10/h2-10H,1H3,(H2,19,21)(H,22,24)(H2,20,25,26);6-9H,1-5H3;3-7H,1-2H3,(H2,14,15);2-6H,1H3,(H2,13,14)(H,16,17);2H,1H3,(H2,8,9);1-4H,7H2,(H2,8,9,10). The van der Waals surface area contributed by atoms with Crippen LogP contribution in [0.25, 0.3) is 33.8 Å². The zero-order valence-electron chi connectivity index (χ0n) is 56.4. The van der Waals surface area contributed by atoms with E-state index < -0.39 is 43.9 Å². The predicted molar refractivity (Wildman–Crippen MR) is 389 cm³/mol. The average molecular weight is 1480 g/mol. The first-order valence-corrected chi connectivity index (χ1v) is 33.8. The van der Waals surface area contributed by atoms with Crippen LogP contribution in [0.2, 0.25) is 0 Å². The third-order valence-electron chi connectivity index (χ3n) is 14.6. The van der Waals surface area contributed by atoms with E-state index in [1.54, 1.807) is 0 Å². The minimum Gasteiger partial charge on any atom is -0.476 e. The molecule has 5 heterocycles. The molecular formula is C68H74BBrN16O13S2. The maximum atomic E-state index is 12.5. The molecule has 1 saturated heterocycles. The Morgan fingerprint density at radius 2 is 0.782 bits per heavy atom. The highest BCUT2D eigenvalue weighted by atomic mass is 79.9. The van der Waals surface area contributed by atoms with Crippen LogP contribution in [0, 0.1) is 27.7 Å². The smallest absolute Gasteiger partial charge is 0.476 e. The number of rotatable bonds is 11. The van der Waals surface area contributed by atoms with E-state index in [0.717, 1.165) is 38.8 Å².